The van der Waals surface area contributed by atoms with Crippen LogP contribution >= 0.6 is 11.6 Å². The van der Waals surface area contributed by atoms with E-state index in [0.717, 1.165) is 5.56 Å². The van der Waals surface area contributed by atoms with E-state index in [0.29, 0.717) is 49.6 Å². The Balaban J connectivity index is 1.58. The highest BCUT2D eigenvalue weighted by molar-refractivity contribution is 6.36. The zero-order valence-electron chi connectivity index (χ0n) is 21.4. The summed E-state index contributed by atoms with van der Waals surface area (Å²) in [5.74, 6) is 6.66. The quantitative estimate of drug-likeness (QED) is 0.272. The zero-order chi connectivity index (χ0) is 27.6. The summed E-state index contributed by atoms with van der Waals surface area (Å²) >= 11 is 7.12. The fourth-order valence-corrected chi connectivity index (χ4v) is 5.20. The van der Waals surface area contributed by atoms with E-state index in [2.05, 4.69) is 32.1 Å². The van der Waals surface area contributed by atoms with Crippen LogP contribution in [0, 0.1) is 11.8 Å². The highest BCUT2D eigenvalue weighted by Crippen LogP contribution is 2.34. The Labute approximate surface area is 234 Å². The van der Waals surface area contributed by atoms with Crippen LogP contribution in [0.2, 0.25) is 5.02 Å². The molecule has 0 fully saturated rings. The number of nitrogens with one attached hydrogen (secondary N) is 2. The number of nitrogens with zero attached hydrogens (tertiary/aromatic N) is 3. The third kappa shape index (κ3) is 4.51. The molecule has 6 rings (SSSR count). The second-order valence-electron chi connectivity index (χ2n) is 9.17. The second kappa shape index (κ2) is 10.5. The van der Waals surface area contributed by atoms with Crippen LogP contribution < -0.4 is 16.3 Å². The zero-order valence-corrected chi connectivity index (χ0v) is 22.1. The molecule has 0 radical (unpaired) electrons. The van der Waals surface area contributed by atoms with Gasteiger partial charge in [0.15, 0.2) is 5.43 Å². The van der Waals surface area contributed by atoms with Crippen molar-refractivity contribution in [1.82, 2.24) is 19.5 Å². The highest BCUT2D eigenvalue weighted by Gasteiger charge is 2.23. The average molecular weight is 544 g/mol. The molecule has 0 saturated heterocycles. The van der Waals surface area contributed by atoms with E-state index in [1.54, 1.807) is 4.57 Å². The summed E-state index contributed by atoms with van der Waals surface area (Å²) in [5, 5.41) is 5.04. The van der Waals surface area contributed by atoms with Gasteiger partial charge in [-0.3, -0.25) is 14.2 Å². The number of benzene rings is 3. The third-order valence-corrected chi connectivity index (χ3v) is 7.02. The first-order valence-electron chi connectivity index (χ1n) is 12.6. The lowest BCUT2D eigenvalue weighted by Crippen LogP contribution is -2.27. The van der Waals surface area contributed by atoms with Crippen molar-refractivity contribution in [3.8, 4) is 17.5 Å². The first-order valence-corrected chi connectivity index (χ1v) is 13.0. The molecule has 2 N–H and O–H groups in total. The van der Waals surface area contributed by atoms with Crippen molar-refractivity contribution in [2.75, 3.05) is 5.32 Å². The van der Waals surface area contributed by atoms with Crippen LogP contribution in [0.25, 0.3) is 27.5 Å². The van der Waals surface area contributed by atoms with E-state index >= 15 is 0 Å². The van der Waals surface area contributed by atoms with Gasteiger partial charge in [-0.1, -0.05) is 72.0 Å². The van der Waals surface area contributed by atoms with Gasteiger partial charge in [0.25, 0.3) is 5.56 Å². The summed E-state index contributed by atoms with van der Waals surface area (Å²) in [5.41, 5.74) is 2.53. The fraction of sp³-hybridized carbons (Fsp3) is 0.0625. The van der Waals surface area contributed by atoms with Crippen LogP contribution in [0.3, 0.4) is 0 Å². The Morgan fingerprint density at radius 1 is 0.875 bits per heavy atom. The number of hydrogen-bond acceptors (Lipinski definition) is 5. The maximum atomic E-state index is 14.3. The third-order valence-electron chi connectivity index (χ3n) is 6.63. The van der Waals surface area contributed by atoms with Crippen LogP contribution in [0.4, 0.5) is 5.82 Å². The molecule has 0 aliphatic carbocycles. The minimum absolute atomic E-state index is 0.226. The average Bonchev–Trinajstić information content (AvgIpc) is 2.98. The number of halogens is 1. The van der Waals surface area contributed by atoms with Gasteiger partial charge in [-0.15, -0.1) is 0 Å². The summed E-state index contributed by atoms with van der Waals surface area (Å²) in [6.07, 6.45) is 2.91. The molecular formula is C32H22ClN5O2. The molecular weight excluding hydrogens is 522 g/mol. The minimum atomic E-state index is -0.526. The van der Waals surface area contributed by atoms with E-state index in [1.165, 1.54) is 18.6 Å². The molecule has 0 spiro atoms. The van der Waals surface area contributed by atoms with Gasteiger partial charge >= 0.3 is 0 Å². The van der Waals surface area contributed by atoms with Crippen LogP contribution in [0.15, 0.2) is 107 Å². The Bertz CT molecular complexity index is 2050. The normalized spacial score (nSPS) is 11.7. The standard InChI is InChI=1S/C32H22ClN5O2/c1-20(37-31-27-25(39)17-18-34-30(27)35-19-36-31)29-28(33)24-14-8-11-22(16-15-21-9-4-2-5-10-21)26(24)32(40)38(29)23-12-6-3-7-13-23/h2-14,17-20H,1H3,(H2,34,35,36,37,39)/t20-/m0/s1. The molecule has 3 aromatic carbocycles. The number of H-pyrrole nitrogens is 1. The summed E-state index contributed by atoms with van der Waals surface area (Å²) in [7, 11) is 0. The molecule has 40 heavy (non-hydrogen) atoms. The number of aromatic amines is 1. The van der Waals surface area contributed by atoms with Crippen LogP contribution in [0.1, 0.15) is 29.8 Å². The monoisotopic (exact) mass is 543 g/mol. The van der Waals surface area contributed by atoms with Gasteiger partial charge in [-0.05, 0) is 37.3 Å². The Kier molecular flexibility index (Phi) is 6.61. The van der Waals surface area contributed by atoms with E-state index in [-0.39, 0.29) is 11.0 Å². The Morgan fingerprint density at radius 2 is 1.62 bits per heavy atom. The predicted octanol–water partition coefficient (Wildman–Crippen LogP) is 5.85. The van der Waals surface area contributed by atoms with Crippen molar-refractivity contribution >= 4 is 39.2 Å². The summed E-state index contributed by atoms with van der Waals surface area (Å²) in [6.45, 7) is 1.87. The number of anilines is 1. The van der Waals surface area contributed by atoms with Crippen LogP contribution in [-0.2, 0) is 0 Å². The van der Waals surface area contributed by atoms with Crippen molar-refractivity contribution in [1.29, 1.82) is 0 Å². The number of pyridine rings is 2. The Hall–Kier alpha value is -5.19. The number of rotatable bonds is 4. The van der Waals surface area contributed by atoms with Crippen LogP contribution in [0.5, 0.6) is 0 Å². The predicted molar refractivity (Wildman–Crippen MR) is 159 cm³/mol. The first-order chi connectivity index (χ1) is 19.5. The lowest BCUT2D eigenvalue weighted by molar-refractivity contribution is 0.774. The van der Waals surface area contributed by atoms with Crippen molar-refractivity contribution < 1.29 is 0 Å². The van der Waals surface area contributed by atoms with Gasteiger partial charge in [-0.25, -0.2) is 9.97 Å². The van der Waals surface area contributed by atoms with Gasteiger partial charge in [0.1, 0.15) is 23.2 Å². The molecule has 0 aliphatic rings. The molecule has 3 aromatic heterocycles. The number of hydrogen-bond donors (Lipinski definition) is 2. The maximum absolute atomic E-state index is 14.3. The highest BCUT2D eigenvalue weighted by atomic mass is 35.5. The van der Waals surface area contributed by atoms with E-state index in [9.17, 15) is 9.59 Å². The molecule has 7 nitrogen and oxygen atoms in total. The SMILES string of the molecule is C[C@H](Nc1ncnc2[nH]ccc(=O)c12)c1c(Cl)c2cccc(C#Cc3ccccc3)c2c(=O)n1-c1ccccc1. The minimum Gasteiger partial charge on any atom is -0.361 e. The maximum Gasteiger partial charge on any atom is 0.264 e. The van der Waals surface area contributed by atoms with Crippen molar-refractivity contribution in [3.05, 3.63) is 140 Å². The van der Waals surface area contributed by atoms with Crippen molar-refractivity contribution in [2.45, 2.75) is 13.0 Å². The molecule has 0 bridgehead atoms. The Morgan fingerprint density at radius 3 is 2.40 bits per heavy atom. The van der Waals surface area contributed by atoms with Crippen LogP contribution in [-0.4, -0.2) is 19.5 Å². The summed E-state index contributed by atoms with van der Waals surface area (Å²) < 4.78 is 1.60. The van der Waals surface area contributed by atoms with Gasteiger partial charge in [0, 0.05) is 34.5 Å². The van der Waals surface area contributed by atoms with Gasteiger partial charge in [0.2, 0.25) is 0 Å². The first kappa shape index (κ1) is 25.1. The van der Waals surface area contributed by atoms with Gasteiger partial charge in [-0.2, -0.15) is 0 Å². The largest absolute Gasteiger partial charge is 0.361 e. The second-order valence-corrected chi connectivity index (χ2v) is 9.55. The number of fused-ring (bicyclic) bond motifs is 2. The van der Waals surface area contributed by atoms with E-state index < -0.39 is 6.04 Å². The molecule has 0 unspecified atom stereocenters. The topological polar surface area (TPSA) is 92.7 Å². The molecule has 0 amide bonds. The molecule has 194 valence electrons. The molecule has 0 aliphatic heterocycles. The lowest BCUT2D eigenvalue weighted by atomic mass is 10.0. The van der Waals surface area contributed by atoms with Gasteiger partial charge in [0.05, 0.1) is 22.1 Å². The van der Waals surface area contributed by atoms with Crippen molar-refractivity contribution in [2.24, 2.45) is 0 Å². The fourth-order valence-electron chi connectivity index (χ4n) is 4.80. The summed E-state index contributed by atoms with van der Waals surface area (Å²) in [4.78, 5) is 38.4. The number of aromatic nitrogens is 4. The lowest BCUT2D eigenvalue weighted by Gasteiger charge is -2.23. The molecule has 8 heteroatoms. The smallest absolute Gasteiger partial charge is 0.264 e. The van der Waals surface area contributed by atoms with E-state index in [1.807, 2.05) is 85.8 Å². The molecule has 1 atom stereocenters. The molecule has 6 aromatic rings. The van der Waals surface area contributed by atoms with E-state index in [4.69, 9.17) is 11.6 Å². The van der Waals surface area contributed by atoms with Gasteiger partial charge < -0.3 is 10.3 Å². The molecule has 3 heterocycles. The number of para-hydroxylation sites is 1. The molecule has 0 saturated carbocycles. The van der Waals surface area contributed by atoms with Crippen molar-refractivity contribution in [3.63, 3.8) is 0 Å². The summed E-state index contributed by atoms with van der Waals surface area (Å²) in [6, 6.07) is 25.3.